The van der Waals surface area contributed by atoms with Crippen molar-refractivity contribution in [2.45, 2.75) is 19.8 Å². The average molecular weight is 248 g/mol. The smallest absolute Gasteiger partial charge is 0.201 e. The molecule has 0 amide bonds. The first-order valence-corrected chi connectivity index (χ1v) is 6.26. The van der Waals surface area contributed by atoms with E-state index in [1.54, 1.807) is 12.2 Å². The molecule has 1 unspecified atom stereocenters. The van der Waals surface area contributed by atoms with E-state index in [9.17, 15) is 9.59 Å². The van der Waals surface area contributed by atoms with Crippen molar-refractivity contribution >= 4 is 12.1 Å². The van der Waals surface area contributed by atoms with Gasteiger partial charge in [-0.05, 0) is 12.8 Å². The molecule has 0 aromatic heterocycles. The van der Waals surface area contributed by atoms with Gasteiger partial charge in [0.25, 0.3) is 0 Å². The summed E-state index contributed by atoms with van der Waals surface area (Å²) in [5.41, 5.74) is 1.18. The van der Waals surface area contributed by atoms with Gasteiger partial charge in [0.15, 0.2) is 6.29 Å². The van der Waals surface area contributed by atoms with Crippen molar-refractivity contribution in [2.75, 3.05) is 13.2 Å². The van der Waals surface area contributed by atoms with E-state index in [0.29, 0.717) is 31.8 Å². The summed E-state index contributed by atoms with van der Waals surface area (Å²) in [5.74, 6) is -0.370. The third-order valence-corrected chi connectivity index (χ3v) is 3.07. The number of aldehydes is 1. The van der Waals surface area contributed by atoms with Gasteiger partial charge in [-0.2, -0.15) is 0 Å². The van der Waals surface area contributed by atoms with Crippen molar-refractivity contribution in [1.29, 1.82) is 0 Å². The molecular formula is C15H20O3. The molecule has 18 heavy (non-hydrogen) atoms. The standard InChI is InChI=1S/C15H20O3/c1-3-13(15(17)10-16)8-5-9-18-11-14-7-4-6-12(14)2/h4-5,7-8,10,13-14H,2-3,6,9,11H2,1H3/t13?,14-/m0/s1. The molecule has 0 aromatic carbocycles. The fourth-order valence-electron chi connectivity index (χ4n) is 1.85. The quantitative estimate of drug-likeness (QED) is 0.287. The maximum absolute atomic E-state index is 11.2. The molecule has 0 saturated carbocycles. The predicted molar refractivity (Wildman–Crippen MR) is 71.2 cm³/mol. The van der Waals surface area contributed by atoms with Crippen molar-refractivity contribution in [3.63, 3.8) is 0 Å². The molecule has 0 bridgehead atoms. The van der Waals surface area contributed by atoms with Crippen LogP contribution < -0.4 is 0 Å². The van der Waals surface area contributed by atoms with E-state index in [2.05, 4.69) is 18.7 Å². The molecule has 1 aliphatic rings. The van der Waals surface area contributed by atoms with Crippen LogP contribution >= 0.6 is 0 Å². The Hall–Kier alpha value is -1.48. The zero-order chi connectivity index (χ0) is 13.4. The van der Waals surface area contributed by atoms with Crippen molar-refractivity contribution in [3.05, 3.63) is 36.5 Å². The van der Waals surface area contributed by atoms with Crippen LogP contribution in [0.25, 0.3) is 0 Å². The number of hydrogen-bond donors (Lipinski definition) is 0. The summed E-state index contributed by atoms with van der Waals surface area (Å²) in [7, 11) is 0. The van der Waals surface area contributed by atoms with Gasteiger partial charge < -0.3 is 4.74 Å². The monoisotopic (exact) mass is 248 g/mol. The first kappa shape index (κ1) is 14.6. The van der Waals surface area contributed by atoms with Crippen LogP contribution in [0.15, 0.2) is 36.5 Å². The fourth-order valence-corrected chi connectivity index (χ4v) is 1.85. The maximum Gasteiger partial charge on any atom is 0.201 e. The van der Waals surface area contributed by atoms with Gasteiger partial charge in [0.05, 0.1) is 13.2 Å². The Morgan fingerprint density at radius 3 is 3.00 bits per heavy atom. The second-order valence-electron chi connectivity index (χ2n) is 4.40. The lowest BCUT2D eigenvalue weighted by atomic mass is 10.0. The Kier molecular flexibility index (Phi) is 6.29. The molecule has 1 aliphatic carbocycles. The molecule has 2 atom stereocenters. The van der Waals surface area contributed by atoms with Crippen molar-refractivity contribution in [2.24, 2.45) is 11.8 Å². The Morgan fingerprint density at radius 2 is 2.44 bits per heavy atom. The first-order valence-electron chi connectivity index (χ1n) is 6.26. The van der Waals surface area contributed by atoms with Gasteiger partial charge in [0.1, 0.15) is 0 Å². The largest absolute Gasteiger partial charge is 0.376 e. The SMILES string of the molecule is C=C1CC=C[C@H]1COCC=CC(CC)C(=O)C=O. The van der Waals surface area contributed by atoms with E-state index < -0.39 is 0 Å². The van der Waals surface area contributed by atoms with E-state index in [-0.39, 0.29) is 11.7 Å². The number of Topliss-reactive ketones (excluding diaryl/α,β-unsaturated/α-hetero) is 1. The molecule has 0 N–H and O–H groups in total. The van der Waals surface area contributed by atoms with Crippen LogP contribution in [0.4, 0.5) is 0 Å². The lowest BCUT2D eigenvalue weighted by Gasteiger charge is -2.09. The molecule has 0 spiro atoms. The normalized spacial score (nSPS) is 20.5. The van der Waals surface area contributed by atoms with Gasteiger partial charge in [-0.1, -0.05) is 43.4 Å². The number of ketones is 1. The summed E-state index contributed by atoms with van der Waals surface area (Å²) >= 11 is 0. The summed E-state index contributed by atoms with van der Waals surface area (Å²) in [6.45, 7) is 6.93. The number of ether oxygens (including phenoxy) is 1. The van der Waals surface area contributed by atoms with Crippen molar-refractivity contribution < 1.29 is 14.3 Å². The zero-order valence-electron chi connectivity index (χ0n) is 10.8. The van der Waals surface area contributed by atoms with Crippen LogP contribution in [-0.2, 0) is 14.3 Å². The third kappa shape index (κ3) is 4.41. The second kappa shape index (κ2) is 7.77. The highest BCUT2D eigenvalue weighted by Gasteiger charge is 2.13. The van der Waals surface area contributed by atoms with E-state index >= 15 is 0 Å². The number of carbonyl (C=O) groups excluding carboxylic acids is 2. The van der Waals surface area contributed by atoms with E-state index in [4.69, 9.17) is 4.74 Å². The molecule has 98 valence electrons. The summed E-state index contributed by atoms with van der Waals surface area (Å²) < 4.78 is 5.50. The Bertz CT molecular complexity index is 366. The minimum atomic E-state index is -0.374. The molecule has 0 saturated heterocycles. The highest BCUT2D eigenvalue weighted by atomic mass is 16.5. The Morgan fingerprint density at radius 1 is 1.67 bits per heavy atom. The molecule has 3 heteroatoms. The number of hydrogen-bond acceptors (Lipinski definition) is 3. The van der Waals surface area contributed by atoms with Gasteiger partial charge in [0, 0.05) is 11.8 Å². The Labute approximate surface area is 108 Å². The van der Waals surface area contributed by atoms with Crippen LogP contribution in [0.2, 0.25) is 0 Å². The number of carbonyl (C=O) groups is 2. The summed E-state index contributed by atoms with van der Waals surface area (Å²) in [4.78, 5) is 21.6. The molecule has 0 heterocycles. The van der Waals surface area contributed by atoms with E-state index in [1.165, 1.54) is 5.57 Å². The Balaban J connectivity index is 2.24. The first-order chi connectivity index (χ1) is 8.69. The van der Waals surface area contributed by atoms with Crippen LogP contribution in [0, 0.1) is 11.8 Å². The van der Waals surface area contributed by atoms with Crippen LogP contribution in [0.5, 0.6) is 0 Å². The van der Waals surface area contributed by atoms with Crippen LogP contribution in [0.3, 0.4) is 0 Å². The highest BCUT2D eigenvalue weighted by Crippen LogP contribution is 2.22. The van der Waals surface area contributed by atoms with Gasteiger partial charge in [-0.25, -0.2) is 0 Å². The molecule has 0 aliphatic heterocycles. The third-order valence-electron chi connectivity index (χ3n) is 3.07. The minimum absolute atomic E-state index is 0.313. The summed E-state index contributed by atoms with van der Waals surface area (Å²) in [6, 6.07) is 0. The zero-order valence-corrected chi connectivity index (χ0v) is 10.8. The minimum Gasteiger partial charge on any atom is -0.376 e. The van der Waals surface area contributed by atoms with Crippen molar-refractivity contribution in [1.82, 2.24) is 0 Å². The molecule has 0 aromatic rings. The lowest BCUT2D eigenvalue weighted by Crippen LogP contribution is -2.12. The lowest BCUT2D eigenvalue weighted by molar-refractivity contribution is -0.131. The van der Waals surface area contributed by atoms with Gasteiger partial charge in [-0.3, -0.25) is 9.59 Å². The summed E-state index contributed by atoms with van der Waals surface area (Å²) in [5, 5.41) is 0. The highest BCUT2D eigenvalue weighted by molar-refractivity contribution is 6.26. The van der Waals surface area contributed by atoms with Gasteiger partial charge >= 0.3 is 0 Å². The van der Waals surface area contributed by atoms with Gasteiger partial charge in [-0.15, -0.1) is 0 Å². The number of allylic oxidation sites excluding steroid dienone is 2. The molecule has 0 radical (unpaired) electrons. The number of rotatable bonds is 8. The van der Waals surface area contributed by atoms with Crippen LogP contribution in [-0.4, -0.2) is 25.3 Å². The van der Waals surface area contributed by atoms with Crippen molar-refractivity contribution in [3.8, 4) is 0 Å². The molecule has 1 rings (SSSR count). The topological polar surface area (TPSA) is 43.4 Å². The van der Waals surface area contributed by atoms with E-state index in [0.717, 1.165) is 6.42 Å². The second-order valence-corrected chi connectivity index (χ2v) is 4.40. The fraction of sp³-hybridized carbons (Fsp3) is 0.467. The molecule has 3 nitrogen and oxygen atoms in total. The van der Waals surface area contributed by atoms with Crippen LogP contribution in [0.1, 0.15) is 19.8 Å². The molecule has 0 fully saturated rings. The maximum atomic E-state index is 11.2. The van der Waals surface area contributed by atoms with E-state index in [1.807, 2.05) is 6.92 Å². The predicted octanol–water partition coefficient (Wildman–Crippen LogP) is 2.49. The van der Waals surface area contributed by atoms with Gasteiger partial charge in [0.2, 0.25) is 5.78 Å². The molecular weight excluding hydrogens is 228 g/mol. The summed E-state index contributed by atoms with van der Waals surface area (Å²) in [6.07, 6.45) is 9.71. The average Bonchev–Trinajstić information content (AvgIpc) is 2.78.